The van der Waals surface area contributed by atoms with Gasteiger partial charge in [-0.15, -0.1) is 12.4 Å². The molecule has 140 valence electrons. The molecule has 0 unspecified atom stereocenters. The van der Waals surface area contributed by atoms with Crippen LogP contribution in [0.3, 0.4) is 0 Å². The van der Waals surface area contributed by atoms with Gasteiger partial charge in [-0.25, -0.2) is 13.9 Å². The minimum atomic E-state index is -0.486. The van der Waals surface area contributed by atoms with Gasteiger partial charge in [-0.3, -0.25) is 4.68 Å². The average molecular weight is 389 g/mol. The summed E-state index contributed by atoms with van der Waals surface area (Å²) in [4.78, 5) is 4.30. The first-order valence-corrected chi connectivity index (χ1v) is 8.00. The highest BCUT2D eigenvalue weighted by Gasteiger charge is 2.19. The van der Waals surface area contributed by atoms with Crippen molar-refractivity contribution in [1.29, 1.82) is 0 Å². The number of ether oxygens (including phenoxy) is 1. The van der Waals surface area contributed by atoms with E-state index in [9.17, 15) is 0 Å². The molecule has 0 fully saturated rings. The third-order valence-electron chi connectivity index (χ3n) is 4.30. The van der Waals surface area contributed by atoms with E-state index in [0.29, 0.717) is 22.3 Å². The van der Waals surface area contributed by atoms with Crippen LogP contribution in [0.1, 0.15) is 5.56 Å². The van der Waals surface area contributed by atoms with Gasteiger partial charge in [0.15, 0.2) is 11.6 Å². The Kier molecular flexibility index (Phi) is 5.11. The van der Waals surface area contributed by atoms with Gasteiger partial charge in [-0.1, -0.05) is 6.07 Å². The van der Waals surface area contributed by atoms with Crippen molar-refractivity contribution in [2.75, 3.05) is 7.11 Å². The maximum absolute atomic E-state index is 15.0. The predicted molar refractivity (Wildman–Crippen MR) is 102 cm³/mol. The number of aryl methyl sites for hydroxylation is 1. The SMILES string of the molecule is COc1c(CN)ccc(-c2ncnn3cc(-c4cnn(C)c4)cc23)c1F.Cl. The molecule has 0 spiro atoms. The van der Waals surface area contributed by atoms with Crippen molar-refractivity contribution in [1.82, 2.24) is 24.4 Å². The summed E-state index contributed by atoms with van der Waals surface area (Å²) < 4.78 is 23.6. The summed E-state index contributed by atoms with van der Waals surface area (Å²) in [5.74, 6) is -0.346. The molecule has 4 aromatic rings. The van der Waals surface area contributed by atoms with E-state index < -0.39 is 5.82 Å². The predicted octanol–water partition coefficient (Wildman–Crippen LogP) is 2.83. The van der Waals surface area contributed by atoms with E-state index in [1.165, 1.54) is 13.4 Å². The molecule has 0 radical (unpaired) electrons. The molecule has 0 saturated carbocycles. The van der Waals surface area contributed by atoms with Crippen LogP contribution in [-0.2, 0) is 13.6 Å². The number of benzene rings is 1. The molecule has 7 nitrogen and oxygen atoms in total. The van der Waals surface area contributed by atoms with Gasteiger partial charge in [0.05, 0.1) is 18.8 Å². The number of hydrogen-bond acceptors (Lipinski definition) is 5. The number of aromatic nitrogens is 5. The number of rotatable bonds is 4. The lowest BCUT2D eigenvalue weighted by atomic mass is 10.1. The van der Waals surface area contributed by atoms with Crippen molar-refractivity contribution in [3.05, 3.63) is 54.5 Å². The van der Waals surface area contributed by atoms with Gasteiger partial charge in [0, 0.05) is 48.2 Å². The Hall–Kier alpha value is -2.97. The largest absolute Gasteiger partial charge is 0.493 e. The Morgan fingerprint density at radius 1 is 1.19 bits per heavy atom. The lowest BCUT2D eigenvalue weighted by molar-refractivity contribution is 0.382. The summed E-state index contributed by atoms with van der Waals surface area (Å²) in [6.45, 7) is 0.190. The highest BCUT2D eigenvalue weighted by atomic mass is 35.5. The monoisotopic (exact) mass is 388 g/mol. The second-order valence-electron chi connectivity index (χ2n) is 5.89. The first-order chi connectivity index (χ1) is 12.6. The average Bonchev–Trinajstić information content (AvgIpc) is 3.27. The van der Waals surface area contributed by atoms with Crippen molar-refractivity contribution < 1.29 is 9.13 Å². The van der Waals surface area contributed by atoms with Crippen molar-refractivity contribution in [2.24, 2.45) is 12.8 Å². The third kappa shape index (κ3) is 3.13. The maximum Gasteiger partial charge on any atom is 0.174 e. The summed E-state index contributed by atoms with van der Waals surface area (Å²) in [7, 11) is 3.28. The summed E-state index contributed by atoms with van der Waals surface area (Å²) >= 11 is 0. The first kappa shape index (κ1) is 18.8. The molecule has 0 saturated heterocycles. The summed E-state index contributed by atoms with van der Waals surface area (Å²) in [5, 5.41) is 8.41. The van der Waals surface area contributed by atoms with E-state index >= 15 is 4.39 Å². The molecular weight excluding hydrogens is 371 g/mol. The van der Waals surface area contributed by atoms with Gasteiger partial charge in [0.25, 0.3) is 0 Å². The van der Waals surface area contributed by atoms with Crippen LogP contribution in [0.5, 0.6) is 5.75 Å². The molecule has 2 N–H and O–H groups in total. The topological polar surface area (TPSA) is 83.3 Å². The molecule has 0 aliphatic heterocycles. The Labute approximate surface area is 161 Å². The van der Waals surface area contributed by atoms with Crippen molar-refractivity contribution in [2.45, 2.75) is 6.54 Å². The van der Waals surface area contributed by atoms with Crippen LogP contribution in [0, 0.1) is 5.82 Å². The van der Waals surface area contributed by atoms with Crippen molar-refractivity contribution in [3.63, 3.8) is 0 Å². The second kappa shape index (κ2) is 7.34. The molecular formula is C18H18ClFN6O. The smallest absolute Gasteiger partial charge is 0.174 e. The lowest BCUT2D eigenvalue weighted by Crippen LogP contribution is -2.04. The van der Waals surface area contributed by atoms with Gasteiger partial charge in [-0.05, 0) is 12.1 Å². The lowest BCUT2D eigenvalue weighted by Gasteiger charge is -2.11. The zero-order valence-corrected chi connectivity index (χ0v) is 15.6. The van der Waals surface area contributed by atoms with E-state index in [2.05, 4.69) is 15.2 Å². The van der Waals surface area contributed by atoms with Crippen molar-refractivity contribution >= 4 is 17.9 Å². The van der Waals surface area contributed by atoms with Gasteiger partial charge >= 0.3 is 0 Å². The fraction of sp³-hybridized carbons (Fsp3) is 0.167. The zero-order valence-electron chi connectivity index (χ0n) is 14.8. The van der Waals surface area contributed by atoms with E-state index in [4.69, 9.17) is 10.5 Å². The fourth-order valence-corrected chi connectivity index (χ4v) is 3.03. The van der Waals surface area contributed by atoms with E-state index in [-0.39, 0.29) is 24.7 Å². The molecule has 9 heteroatoms. The van der Waals surface area contributed by atoms with Gasteiger partial charge < -0.3 is 10.5 Å². The molecule has 0 amide bonds. The summed E-state index contributed by atoms with van der Waals surface area (Å²) in [6, 6.07) is 5.33. The molecule has 0 aliphatic carbocycles. The van der Waals surface area contributed by atoms with Crippen LogP contribution < -0.4 is 10.5 Å². The highest BCUT2D eigenvalue weighted by Crippen LogP contribution is 2.34. The Morgan fingerprint density at radius 3 is 2.67 bits per heavy atom. The third-order valence-corrected chi connectivity index (χ3v) is 4.30. The summed E-state index contributed by atoms with van der Waals surface area (Å²) in [6.07, 6.45) is 6.93. The first-order valence-electron chi connectivity index (χ1n) is 8.00. The number of nitrogens with two attached hydrogens (primary N) is 1. The summed E-state index contributed by atoms with van der Waals surface area (Å²) in [5.41, 5.74) is 9.63. The van der Waals surface area contributed by atoms with Crippen LogP contribution in [0.2, 0.25) is 0 Å². The number of methoxy groups -OCH3 is 1. The van der Waals surface area contributed by atoms with Crippen LogP contribution in [0.25, 0.3) is 27.9 Å². The second-order valence-corrected chi connectivity index (χ2v) is 5.89. The van der Waals surface area contributed by atoms with Crippen molar-refractivity contribution in [3.8, 4) is 28.1 Å². The number of hydrogen-bond donors (Lipinski definition) is 1. The molecule has 0 bridgehead atoms. The molecule has 3 aromatic heterocycles. The van der Waals surface area contributed by atoms with E-state index in [0.717, 1.165) is 11.1 Å². The number of nitrogens with zero attached hydrogens (tertiary/aromatic N) is 5. The van der Waals surface area contributed by atoms with Gasteiger partial charge in [0.1, 0.15) is 12.0 Å². The standard InChI is InChI=1S/C18H17FN6O.ClH/c1-24-8-13(7-22-24)12-5-15-17(21-10-23-25(15)9-12)14-4-3-11(6-20)18(26-2)16(14)19;/h3-5,7-10H,6,20H2,1-2H3;1H. The maximum atomic E-state index is 15.0. The Balaban J connectivity index is 0.00000210. The molecule has 0 atom stereocenters. The molecule has 4 rings (SSSR count). The normalized spacial score (nSPS) is 10.8. The van der Waals surface area contributed by atoms with Crippen LogP contribution >= 0.6 is 12.4 Å². The van der Waals surface area contributed by atoms with Crippen LogP contribution in [0.15, 0.2) is 43.1 Å². The van der Waals surface area contributed by atoms with Crippen LogP contribution in [-0.4, -0.2) is 31.5 Å². The Morgan fingerprint density at radius 2 is 2.00 bits per heavy atom. The zero-order chi connectivity index (χ0) is 18.3. The Bertz CT molecular complexity index is 1110. The minimum Gasteiger partial charge on any atom is -0.493 e. The number of fused-ring (bicyclic) bond motifs is 1. The molecule has 1 aromatic carbocycles. The molecule has 3 heterocycles. The quantitative estimate of drug-likeness (QED) is 0.581. The van der Waals surface area contributed by atoms with Gasteiger partial charge in [0.2, 0.25) is 0 Å². The van der Waals surface area contributed by atoms with E-state index in [1.807, 2.05) is 25.5 Å². The minimum absolute atomic E-state index is 0. The van der Waals surface area contributed by atoms with Crippen LogP contribution in [0.4, 0.5) is 4.39 Å². The molecule has 27 heavy (non-hydrogen) atoms. The highest BCUT2D eigenvalue weighted by molar-refractivity contribution is 5.85. The van der Waals surface area contributed by atoms with Gasteiger partial charge in [-0.2, -0.15) is 10.2 Å². The fourth-order valence-electron chi connectivity index (χ4n) is 3.03. The molecule has 0 aliphatic rings. The number of halogens is 2. The van der Waals surface area contributed by atoms with E-state index in [1.54, 1.807) is 27.5 Å².